The lowest BCUT2D eigenvalue weighted by atomic mass is 10.1. The fourth-order valence-electron chi connectivity index (χ4n) is 0.674. The van der Waals surface area contributed by atoms with Gasteiger partial charge in [-0.1, -0.05) is 13.0 Å². The minimum Gasteiger partial charge on any atom is -0.389 e. The van der Waals surface area contributed by atoms with Gasteiger partial charge in [-0.2, -0.15) is 0 Å². The standard InChI is InChI=1S/C9H14OS2/c1-3-9(2,10)7-12-8-5-4-6-11-8/h4-6,10H,3,7H2,1-2H3. The van der Waals surface area contributed by atoms with E-state index in [4.69, 9.17) is 0 Å². The third-order valence-electron chi connectivity index (χ3n) is 1.78. The second-order valence-corrected chi connectivity index (χ2v) is 5.29. The summed E-state index contributed by atoms with van der Waals surface area (Å²) in [6.07, 6.45) is 0.811. The van der Waals surface area contributed by atoms with Gasteiger partial charge in [0, 0.05) is 5.75 Å². The quantitative estimate of drug-likeness (QED) is 0.757. The Balaban J connectivity index is 2.36. The van der Waals surface area contributed by atoms with E-state index in [-0.39, 0.29) is 0 Å². The first-order valence-corrected chi connectivity index (χ1v) is 5.89. The zero-order valence-corrected chi connectivity index (χ0v) is 9.04. The molecule has 0 aliphatic carbocycles. The topological polar surface area (TPSA) is 20.2 Å². The Kier molecular flexibility index (Phi) is 3.62. The van der Waals surface area contributed by atoms with Crippen molar-refractivity contribution in [2.45, 2.75) is 30.1 Å². The van der Waals surface area contributed by atoms with Crippen molar-refractivity contribution in [2.75, 3.05) is 5.75 Å². The van der Waals surface area contributed by atoms with Crippen LogP contribution < -0.4 is 0 Å². The summed E-state index contributed by atoms with van der Waals surface area (Å²) in [4.78, 5) is 0. The Hall–Kier alpha value is 0.01000. The lowest BCUT2D eigenvalue weighted by molar-refractivity contribution is 0.0816. The van der Waals surface area contributed by atoms with Crippen LogP contribution in [-0.2, 0) is 0 Å². The maximum Gasteiger partial charge on any atom is 0.0710 e. The van der Waals surface area contributed by atoms with Crippen LogP contribution in [0.25, 0.3) is 0 Å². The van der Waals surface area contributed by atoms with Crippen molar-refractivity contribution in [3.63, 3.8) is 0 Å². The largest absolute Gasteiger partial charge is 0.389 e. The monoisotopic (exact) mass is 202 g/mol. The van der Waals surface area contributed by atoms with Crippen LogP contribution in [0.5, 0.6) is 0 Å². The Bertz CT molecular complexity index is 216. The molecule has 0 aliphatic rings. The van der Waals surface area contributed by atoms with E-state index in [0.29, 0.717) is 0 Å². The summed E-state index contributed by atoms with van der Waals surface area (Å²) in [6.45, 7) is 3.89. The molecule has 3 heteroatoms. The summed E-state index contributed by atoms with van der Waals surface area (Å²) in [7, 11) is 0. The number of hydrogen-bond acceptors (Lipinski definition) is 3. The normalized spacial score (nSPS) is 15.9. The van der Waals surface area contributed by atoms with Gasteiger partial charge in [0.05, 0.1) is 9.81 Å². The predicted molar refractivity (Wildman–Crippen MR) is 56.0 cm³/mol. The average molecular weight is 202 g/mol. The Morgan fingerprint density at radius 3 is 2.92 bits per heavy atom. The maximum absolute atomic E-state index is 9.71. The van der Waals surface area contributed by atoms with Gasteiger partial charge in [0.1, 0.15) is 0 Å². The zero-order valence-electron chi connectivity index (χ0n) is 7.41. The molecule has 1 nitrogen and oxygen atoms in total. The predicted octanol–water partition coefficient (Wildman–Crippen LogP) is 3.00. The summed E-state index contributed by atoms with van der Waals surface area (Å²) in [6, 6.07) is 4.12. The van der Waals surface area contributed by atoms with Crippen LogP contribution >= 0.6 is 23.1 Å². The van der Waals surface area contributed by atoms with Gasteiger partial charge < -0.3 is 5.11 Å². The van der Waals surface area contributed by atoms with Crippen molar-refractivity contribution < 1.29 is 5.11 Å². The van der Waals surface area contributed by atoms with Gasteiger partial charge in [-0.25, -0.2) is 0 Å². The molecule has 0 radical (unpaired) electrons. The first kappa shape index (κ1) is 10.1. The van der Waals surface area contributed by atoms with Gasteiger partial charge in [-0.3, -0.25) is 0 Å². The van der Waals surface area contributed by atoms with Crippen molar-refractivity contribution in [1.82, 2.24) is 0 Å². The fraction of sp³-hybridized carbons (Fsp3) is 0.556. The van der Waals surface area contributed by atoms with Crippen LogP contribution in [0, 0.1) is 0 Å². The molecule has 1 aromatic heterocycles. The Morgan fingerprint density at radius 2 is 2.42 bits per heavy atom. The molecule has 1 rings (SSSR count). The molecular weight excluding hydrogens is 188 g/mol. The van der Waals surface area contributed by atoms with Crippen LogP contribution in [0.4, 0.5) is 0 Å². The number of thioether (sulfide) groups is 1. The van der Waals surface area contributed by atoms with Crippen molar-refractivity contribution in [3.05, 3.63) is 17.5 Å². The minimum atomic E-state index is -0.519. The minimum absolute atomic E-state index is 0.519. The van der Waals surface area contributed by atoms with E-state index in [9.17, 15) is 5.11 Å². The molecular formula is C9H14OS2. The Labute approximate surface area is 81.8 Å². The average Bonchev–Trinajstić information content (AvgIpc) is 2.53. The third kappa shape index (κ3) is 3.17. The van der Waals surface area contributed by atoms with Crippen molar-refractivity contribution >= 4 is 23.1 Å². The first-order valence-electron chi connectivity index (χ1n) is 4.03. The van der Waals surface area contributed by atoms with E-state index < -0.39 is 5.60 Å². The van der Waals surface area contributed by atoms with Crippen molar-refractivity contribution in [2.24, 2.45) is 0 Å². The highest BCUT2D eigenvalue weighted by atomic mass is 32.2. The molecule has 0 saturated heterocycles. The van der Waals surface area contributed by atoms with E-state index in [1.54, 1.807) is 23.1 Å². The summed E-state index contributed by atoms with van der Waals surface area (Å²) in [5.41, 5.74) is -0.519. The molecule has 0 fully saturated rings. The number of thiophene rings is 1. The maximum atomic E-state index is 9.71. The third-order valence-corrected chi connectivity index (χ3v) is 4.27. The van der Waals surface area contributed by atoms with Crippen LogP contribution in [0.15, 0.2) is 21.7 Å². The second-order valence-electron chi connectivity index (χ2n) is 3.07. The summed E-state index contributed by atoms with van der Waals surface area (Å²) in [5, 5.41) is 11.8. The number of hydrogen-bond donors (Lipinski definition) is 1. The molecule has 1 N–H and O–H groups in total. The summed E-state index contributed by atoms with van der Waals surface area (Å²) < 4.78 is 1.28. The molecule has 0 amide bonds. The molecule has 1 atom stereocenters. The fourth-order valence-corrected chi connectivity index (χ4v) is 2.57. The van der Waals surface area contributed by atoms with Crippen LogP contribution in [0.2, 0.25) is 0 Å². The van der Waals surface area contributed by atoms with E-state index in [2.05, 4.69) is 11.4 Å². The second kappa shape index (κ2) is 4.30. The SMILES string of the molecule is CCC(C)(O)CSc1cccs1. The molecule has 1 aromatic rings. The molecule has 0 aliphatic heterocycles. The molecule has 0 saturated carbocycles. The van der Waals surface area contributed by atoms with Gasteiger partial charge in [0.25, 0.3) is 0 Å². The molecule has 12 heavy (non-hydrogen) atoms. The van der Waals surface area contributed by atoms with Crippen molar-refractivity contribution in [3.8, 4) is 0 Å². The molecule has 0 bridgehead atoms. The van der Waals surface area contributed by atoms with E-state index in [0.717, 1.165) is 12.2 Å². The highest BCUT2D eigenvalue weighted by Crippen LogP contribution is 2.27. The lowest BCUT2D eigenvalue weighted by Crippen LogP contribution is -2.25. The Morgan fingerprint density at radius 1 is 1.67 bits per heavy atom. The summed E-state index contributed by atoms with van der Waals surface area (Å²) >= 11 is 3.45. The van der Waals surface area contributed by atoms with Gasteiger partial charge in [0.15, 0.2) is 0 Å². The van der Waals surface area contributed by atoms with Crippen LogP contribution in [0.3, 0.4) is 0 Å². The summed E-state index contributed by atoms with van der Waals surface area (Å²) in [5.74, 6) is 0.782. The van der Waals surface area contributed by atoms with E-state index in [1.807, 2.05) is 19.9 Å². The van der Waals surface area contributed by atoms with Gasteiger partial charge >= 0.3 is 0 Å². The van der Waals surface area contributed by atoms with Gasteiger partial charge in [-0.05, 0) is 24.8 Å². The molecule has 68 valence electrons. The smallest absolute Gasteiger partial charge is 0.0710 e. The first-order chi connectivity index (χ1) is 5.64. The molecule has 0 aromatic carbocycles. The van der Waals surface area contributed by atoms with Gasteiger partial charge in [-0.15, -0.1) is 23.1 Å². The zero-order chi connectivity index (χ0) is 9.03. The van der Waals surface area contributed by atoms with Crippen LogP contribution in [-0.4, -0.2) is 16.5 Å². The highest BCUT2D eigenvalue weighted by Gasteiger charge is 2.17. The lowest BCUT2D eigenvalue weighted by Gasteiger charge is -2.19. The number of rotatable bonds is 4. The number of aliphatic hydroxyl groups is 1. The molecule has 0 spiro atoms. The molecule has 1 unspecified atom stereocenters. The van der Waals surface area contributed by atoms with Gasteiger partial charge in [0.2, 0.25) is 0 Å². The van der Waals surface area contributed by atoms with E-state index >= 15 is 0 Å². The highest BCUT2D eigenvalue weighted by molar-refractivity contribution is 8.01. The molecule has 1 heterocycles. The van der Waals surface area contributed by atoms with Crippen LogP contribution in [0.1, 0.15) is 20.3 Å². The van der Waals surface area contributed by atoms with Crippen molar-refractivity contribution in [1.29, 1.82) is 0 Å². The van der Waals surface area contributed by atoms with E-state index in [1.165, 1.54) is 4.21 Å².